The minimum absolute atomic E-state index is 0.597. The van der Waals surface area contributed by atoms with E-state index in [1.54, 1.807) is 0 Å². The molecule has 1 aromatic rings. The topological polar surface area (TPSA) is 38.9 Å². The fourth-order valence-electron chi connectivity index (χ4n) is 1.94. The number of nitrogens with two attached hydrogens (primary N) is 1. The predicted octanol–water partition coefficient (Wildman–Crippen LogP) is 2.89. The Morgan fingerprint density at radius 1 is 1.27 bits per heavy atom. The third kappa shape index (κ3) is 3.03. The highest BCUT2D eigenvalue weighted by molar-refractivity contribution is 5.35. The van der Waals surface area contributed by atoms with E-state index in [9.17, 15) is 0 Å². The van der Waals surface area contributed by atoms with Crippen LogP contribution in [0, 0.1) is 13.8 Å². The summed E-state index contributed by atoms with van der Waals surface area (Å²) in [4.78, 5) is 4.41. The molecule has 0 atom stereocenters. The van der Waals surface area contributed by atoms with Gasteiger partial charge in [-0.15, -0.1) is 0 Å². The molecule has 0 fully saturated rings. The van der Waals surface area contributed by atoms with Gasteiger partial charge in [-0.25, -0.2) is 0 Å². The maximum atomic E-state index is 5.68. The van der Waals surface area contributed by atoms with Gasteiger partial charge in [0.05, 0.1) is 0 Å². The van der Waals surface area contributed by atoms with Crippen molar-refractivity contribution in [1.29, 1.82) is 0 Å². The van der Waals surface area contributed by atoms with Crippen molar-refractivity contribution in [2.24, 2.45) is 5.73 Å². The van der Waals surface area contributed by atoms with Gasteiger partial charge in [0, 0.05) is 18.4 Å². The molecule has 2 N–H and O–H groups in total. The molecule has 1 aromatic heterocycles. The molecular weight excluding hydrogens is 184 g/mol. The molecule has 1 rings (SSSR count). The van der Waals surface area contributed by atoms with Crippen LogP contribution in [0.5, 0.6) is 0 Å². The average Bonchev–Trinajstić information content (AvgIpc) is 2.23. The van der Waals surface area contributed by atoms with E-state index in [0.717, 1.165) is 6.42 Å². The highest BCUT2D eigenvalue weighted by Crippen LogP contribution is 2.18. The lowest BCUT2D eigenvalue weighted by molar-refractivity contribution is 0.709. The number of nitrogens with zero attached hydrogens (tertiary/aromatic N) is 1. The summed E-state index contributed by atoms with van der Waals surface area (Å²) in [6.45, 7) is 7.08. The fourth-order valence-corrected chi connectivity index (χ4v) is 1.94. The zero-order valence-corrected chi connectivity index (χ0v) is 10.1. The molecule has 0 aliphatic carbocycles. The van der Waals surface area contributed by atoms with Crippen LogP contribution in [0.15, 0.2) is 6.20 Å². The average molecular weight is 206 g/mol. The third-order valence-corrected chi connectivity index (χ3v) is 3.04. The van der Waals surface area contributed by atoms with E-state index >= 15 is 0 Å². The summed E-state index contributed by atoms with van der Waals surface area (Å²) in [6.07, 6.45) is 6.88. The van der Waals surface area contributed by atoms with E-state index in [0.29, 0.717) is 6.54 Å². The molecule has 0 aliphatic heterocycles. The van der Waals surface area contributed by atoms with Gasteiger partial charge >= 0.3 is 0 Å². The van der Waals surface area contributed by atoms with Crippen molar-refractivity contribution in [3.05, 3.63) is 28.6 Å². The Kier molecular flexibility index (Phi) is 4.76. The number of aromatic nitrogens is 1. The summed E-state index contributed by atoms with van der Waals surface area (Å²) in [7, 11) is 0. The first-order chi connectivity index (χ1) is 7.20. The lowest BCUT2D eigenvalue weighted by atomic mass is 9.98. The first-order valence-corrected chi connectivity index (χ1v) is 5.84. The van der Waals surface area contributed by atoms with Gasteiger partial charge in [-0.1, -0.05) is 19.8 Å². The van der Waals surface area contributed by atoms with Gasteiger partial charge in [0.25, 0.3) is 0 Å². The summed E-state index contributed by atoms with van der Waals surface area (Å²) >= 11 is 0. The molecule has 0 amide bonds. The van der Waals surface area contributed by atoms with Crippen molar-refractivity contribution in [2.45, 2.75) is 53.0 Å². The summed E-state index contributed by atoms with van der Waals surface area (Å²) in [6, 6.07) is 0. The van der Waals surface area contributed by atoms with Crippen LogP contribution in [-0.4, -0.2) is 4.98 Å². The summed E-state index contributed by atoms with van der Waals surface area (Å²) in [5.41, 5.74) is 10.8. The number of aryl methyl sites for hydroxylation is 1. The molecular formula is C13H22N2. The first-order valence-electron chi connectivity index (χ1n) is 5.84. The van der Waals surface area contributed by atoms with Gasteiger partial charge in [-0.3, -0.25) is 4.98 Å². The van der Waals surface area contributed by atoms with Crippen molar-refractivity contribution in [2.75, 3.05) is 0 Å². The standard InChI is InChI=1S/C13H22N2/c1-4-5-6-7-13-10(2)12(8-14)9-15-11(13)3/h9H,4-8,14H2,1-3H3. The summed E-state index contributed by atoms with van der Waals surface area (Å²) in [5, 5.41) is 0. The van der Waals surface area contributed by atoms with Gasteiger partial charge in [-0.2, -0.15) is 0 Å². The summed E-state index contributed by atoms with van der Waals surface area (Å²) < 4.78 is 0. The number of hydrogen-bond donors (Lipinski definition) is 1. The molecule has 84 valence electrons. The van der Waals surface area contributed by atoms with Crippen molar-refractivity contribution in [1.82, 2.24) is 4.98 Å². The summed E-state index contributed by atoms with van der Waals surface area (Å²) in [5.74, 6) is 0. The van der Waals surface area contributed by atoms with Gasteiger partial charge in [0.1, 0.15) is 0 Å². The van der Waals surface area contributed by atoms with Crippen LogP contribution >= 0.6 is 0 Å². The Hall–Kier alpha value is -0.890. The second-order valence-electron chi connectivity index (χ2n) is 4.13. The van der Waals surface area contributed by atoms with Crippen LogP contribution in [-0.2, 0) is 13.0 Å². The molecule has 0 saturated heterocycles. The Balaban J connectivity index is 2.84. The van der Waals surface area contributed by atoms with Crippen LogP contribution in [0.2, 0.25) is 0 Å². The van der Waals surface area contributed by atoms with Crippen LogP contribution in [0.25, 0.3) is 0 Å². The van der Waals surface area contributed by atoms with Gasteiger partial charge < -0.3 is 5.73 Å². The van der Waals surface area contributed by atoms with Crippen LogP contribution in [0.4, 0.5) is 0 Å². The van der Waals surface area contributed by atoms with E-state index in [-0.39, 0.29) is 0 Å². The molecule has 0 spiro atoms. The normalized spacial score (nSPS) is 10.7. The monoisotopic (exact) mass is 206 g/mol. The van der Waals surface area contributed by atoms with Crippen molar-refractivity contribution >= 4 is 0 Å². The minimum Gasteiger partial charge on any atom is -0.326 e. The lowest BCUT2D eigenvalue weighted by Gasteiger charge is -2.12. The lowest BCUT2D eigenvalue weighted by Crippen LogP contribution is -2.05. The molecule has 0 aliphatic rings. The maximum absolute atomic E-state index is 5.68. The molecule has 0 aromatic carbocycles. The minimum atomic E-state index is 0.597. The van der Waals surface area contributed by atoms with Gasteiger partial charge in [0.15, 0.2) is 0 Å². The van der Waals surface area contributed by atoms with E-state index in [1.807, 2.05) is 6.20 Å². The number of hydrogen-bond acceptors (Lipinski definition) is 2. The largest absolute Gasteiger partial charge is 0.326 e. The zero-order valence-electron chi connectivity index (χ0n) is 10.1. The second kappa shape index (κ2) is 5.86. The highest BCUT2D eigenvalue weighted by Gasteiger charge is 2.07. The second-order valence-corrected chi connectivity index (χ2v) is 4.13. The molecule has 1 heterocycles. The van der Waals surface area contributed by atoms with E-state index in [4.69, 9.17) is 5.73 Å². The smallest absolute Gasteiger partial charge is 0.0407 e. The molecule has 0 unspecified atom stereocenters. The molecule has 0 radical (unpaired) electrons. The number of unbranched alkanes of at least 4 members (excludes halogenated alkanes) is 2. The molecule has 15 heavy (non-hydrogen) atoms. The Bertz CT molecular complexity index is 319. The fraction of sp³-hybridized carbons (Fsp3) is 0.615. The quantitative estimate of drug-likeness (QED) is 0.752. The van der Waals surface area contributed by atoms with Crippen LogP contribution in [0.3, 0.4) is 0 Å². The number of rotatable bonds is 5. The van der Waals surface area contributed by atoms with E-state index in [2.05, 4.69) is 25.8 Å². The molecule has 0 bridgehead atoms. The van der Waals surface area contributed by atoms with Gasteiger partial charge in [0.2, 0.25) is 0 Å². The van der Waals surface area contributed by atoms with Crippen LogP contribution in [0.1, 0.15) is 48.6 Å². The van der Waals surface area contributed by atoms with E-state index in [1.165, 1.54) is 41.6 Å². The Morgan fingerprint density at radius 3 is 2.60 bits per heavy atom. The first kappa shape index (κ1) is 12.2. The zero-order chi connectivity index (χ0) is 11.3. The molecule has 2 nitrogen and oxygen atoms in total. The Morgan fingerprint density at radius 2 is 2.00 bits per heavy atom. The van der Waals surface area contributed by atoms with Crippen LogP contribution < -0.4 is 5.73 Å². The molecule has 0 saturated carbocycles. The molecule has 2 heteroatoms. The van der Waals surface area contributed by atoms with E-state index < -0.39 is 0 Å². The van der Waals surface area contributed by atoms with Crippen molar-refractivity contribution in [3.8, 4) is 0 Å². The Labute approximate surface area is 92.9 Å². The third-order valence-electron chi connectivity index (χ3n) is 3.04. The maximum Gasteiger partial charge on any atom is 0.0407 e. The van der Waals surface area contributed by atoms with Crippen molar-refractivity contribution in [3.63, 3.8) is 0 Å². The predicted molar refractivity (Wildman–Crippen MR) is 64.8 cm³/mol. The SMILES string of the molecule is CCCCCc1c(C)ncc(CN)c1C. The highest BCUT2D eigenvalue weighted by atomic mass is 14.7. The van der Waals surface area contributed by atoms with Crippen molar-refractivity contribution < 1.29 is 0 Å². The number of pyridine rings is 1. The van der Waals surface area contributed by atoms with Gasteiger partial charge in [-0.05, 0) is 43.4 Å².